The largest absolute Gasteiger partial charge is 0.322 e. The lowest BCUT2D eigenvalue weighted by Crippen LogP contribution is -3.11. The number of nitrogens with one attached hydrogen (secondary N) is 3. The van der Waals surface area contributed by atoms with Crippen LogP contribution in [0.25, 0.3) is 0 Å². The zero-order valence-electron chi connectivity index (χ0n) is 15.0. The second kappa shape index (κ2) is 9.70. The lowest BCUT2D eigenvalue weighted by atomic mass is 10.2. The van der Waals surface area contributed by atoms with Crippen molar-refractivity contribution in [2.75, 3.05) is 37.0 Å². The first-order chi connectivity index (χ1) is 12.9. The molecule has 2 amide bonds. The molecule has 2 rings (SSSR count). The number of rotatable bonds is 8. The molecule has 0 fully saturated rings. The van der Waals surface area contributed by atoms with Crippen LogP contribution in [-0.4, -0.2) is 43.1 Å². The molecule has 0 aromatic heterocycles. The van der Waals surface area contributed by atoms with E-state index in [0.717, 1.165) is 10.6 Å². The maximum Gasteiger partial charge on any atom is 0.292 e. The molecule has 9 heteroatoms. The Hall–Kier alpha value is -2.91. The van der Waals surface area contributed by atoms with E-state index in [1.54, 1.807) is 13.1 Å². The second-order valence-electron chi connectivity index (χ2n) is 5.88. The standard InChI is InChI=1S/C18H20N4O4S/c1-21(12-18(24)20-14-8-4-6-10-16(14)27-2)11-17(23)19-13-7-3-5-9-15(13)22(25)26/h3-10H,11-12H2,1-2H3,(H,19,23)(H,20,24)/p+1. The van der Waals surface area contributed by atoms with Crippen molar-refractivity contribution >= 4 is 40.6 Å². The minimum absolute atomic E-state index is 0.00361. The molecule has 27 heavy (non-hydrogen) atoms. The first-order valence-corrected chi connectivity index (χ1v) is 9.40. The Morgan fingerprint density at radius 2 is 1.52 bits per heavy atom. The van der Waals surface area contributed by atoms with Crippen molar-refractivity contribution in [3.05, 3.63) is 58.6 Å². The van der Waals surface area contributed by atoms with Crippen LogP contribution >= 0.6 is 11.8 Å². The number of carbonyl (C=O) groups excluding carboxylic acids is 2. The van der Waals surface area contributed by atoms with Crippen LogP contribution < -0.4 is 15.5 Å². The van der Waals surface area contributed by atoms with Gasteiger partial charge in [0, 0.05) is 11.0 Å². The summed E-state index contributed by atoms with van der Waals surface area (Å²) in [6.45, 7) is 0.0939. The lowest BCUT2D eigenvalue weighted by molar-refractivity contribution is -0.862. The third kappa shape index (κ3) is 6.08. The average Bonchev–Trinajstić information content (AvgIpc) is 2.62. The fourth-order valence-electron chi connectivity index (χ4n) is 2.49. The second-order valence-corrected chi connectivity index (χ2v) is 6.73. The number of thioether (sulfide) groups is 1. The normalized spacial score (nSPS) is 11.5. The van der Waals surface area contributed by atoms with Crippen molar-refractivity contribution < 1.29 is 19.4 Å². The van der Waals surface area contributed by atoms with Gasteiger partial charge in [-0.1, -0.05) is 24.3 Å². The number of nitro groups is 1. The fraction of sp³-hybridized carbons (Fsp3) is 0.222. The maximum atomic E-state index is 12.2. The van der Waals surface area contributed by atoms with Gasteiger partial charge in [0.05, 0.1) is 17.7 Å². The summed E-state index contributed by atoms with van der Waals surface area (Å²) >= 11 is 1.53. The summed E-state index contributed by atoms with van der Waals surface area (Å²) in [6, 6.07) is 13.4. The molecule has 2 aromatic rings. The minimum Gasteiger partial charge on any atom is -0.322 e. The number of nitrogens with zero attached hydrogens (tertiary/aromatic N) is 1. The number of amides is 2. The summed E-state index contributed by atoms with van der Waals surface area (Å²) in [5.74, 6) is -0.619. The third-order valence-corrected chi connectivity index (χ3v) is 4.48. The van der Waals surface area contributed by atoms with Gasteiger partial charge in [-0.15, -0.1) is 11.8 Å². The molecule has 0 aliphatic heterocycles. The Morgan fingerprint density at radius 1 is 1.00 bits per heavy atom. The summed E-state index contributed by atoms with van der Waals surface area (Å²) in [5, 5.41) is 16.4. The Labute approximate surface area is 161 Å². The summed E-state index contributed by atoms with van der Waals surface area (Å²) in [4.78, 5) is 36.4. The van der Waals surface area contributed by atoms with E-state index in [4.69, 9.17) is 0 Å². The highest BCUT2D eigenvalue weighted by Crippen LogP contribution is 2.24. The quantitative estimate of drug-likeness (QED) is 0.360. The van der Waals surface area contributed by atoms with E-state index in [2.05, 4.69) is 10.6 Å². The van der Waals surface area contributed by atoms with Gasteiger partial charge in [-0.25, -0.2) is 0 Å². The van der Waals surface area contributed by atoms with Gasteiger partial charge in [-0.2, -0.15) is 0 Å². The van der Waals surface area contributed by atoms with Crippen molar-refractivity contribution in [2.45, 2.75) is 4.90 Å². The van der Waals surface area contributed by atoms with Crippen LogP contribution in [0.2, 0.25) is 0 Å². The summed E-state index contributed by atoms with van der Waals surface area (Å²) in [7, 11) is 1.71. The van der Waals surface area contributed by atoms with E-state index < -0.39 is 10.8 Å². The predicted molar refractivity (Wildman–Crippen MR) is 105 cm³/mol. The minimum atomic E-state index is -0.553. The van der Waals surface area contributed by atoms with Crippen molar-refractivity contribution in [3.63, 3.8) is 0 Å². The first kappa shape index (κ1) is 20.4. The summed E-state index contributed by atoms with van der Waals surface area (Å²) in [5.41, 5.74) is 0.695. The van der Waals surface area contributed by atoms with Crippen LogP contribution in [0.4, 0.5) is 17.1 Å². The van der Waals surface area contributed by atoms with Crippen LogP contribution in [0.1, 0.15) is 0 Å². The average molecular weight is 389 g/mol. The van der Waals surface area contributed by atoms with Crippen molar-refractivity contribution in [1.29, 1.82) is 0 Å². The molecule has 3 N–H and O–H groups in total. The SMILES string of the molecule is CSc1ccccc1NC(=O)C[NH+](C)CC(=O)Nc1ccccc1[N+](=O)[O-]. The smallest absolute Gasteiger partial charge is 0.292 e. The van der Waals surface area contributed by atoms with Crippen LogP contribution in [0.5, 0.6) is 0 Å². The molecule has 2 aromatic carbocycles. The molecule has 0 heterocycles. The van der Waals surface area contributed by atoms with E-state index in [1.807, 2.05) is 30.5 Å². The van der Waals surface area contributed by atoms with Crippen LogP contribution in [0, 0.1) is 10.1 Å². The Kier molecular flexibility index (Phi) is 7.33. The molecule has 8 nitrogen and oxygen atoms in total. The lowest BCUT2D eigenvalue weighted by Gasteiger charge is -2.14. The monoisotopic (exact) mass is 389 g/mol. The van der Waals surface area contributed by atoms with Gasteiger partial charge in [0.15, 0.2) is 13.1 Å². The van der Waals surface area contributed by atoms with Crippen LogP contribution in [0.15, 0.2) is 53.4 Å². The highest BCUT2D eigenvalue weighted by molar-refractivity contribution is 7.98. The molecule has 0 radical (unpaired) electrons. The molecule has 0 aliphatic rings. The predicted octanol–water partition coefficient (Wildman–Crippen LogP) is 1.41. The number of likely N-dealkylation sites (N-methyl/N-ethyl adjacent to an activating group) is 1. The molecular formula is C18H21N4O4S+. The number of benzene rings is 2. The number of carbonyl (C=O) groups is 2. The van der Waals surface area contributed by atoms with Gasteiger partial charge in [-0.3, -0.25) is 19.7 Å². The third-order valence-electron chi connectivity index (χ3n) is 3.68. The highest BCUT2D eigenvalue weighted by Gasteiger charge is 2.19. The molecule has 0 spiro atoms. The zero-order valence-corrected chi connectivity index (χ0v) is 15.8. The molecule has 1 atom stereocenters. The topological polar surface area (TPSA) is 106 Å². The van der Waals surface area contributed by atoms with E-state index in [9.17, 15) is 19.7 Å². The van der Waals surface area contributed by atoms with Crippen LogP contribution in [-0.2, 0) is 9.59 Å². The van der Waals surface area contributed by atoms with Gasteiger partial charge in [0.25, 0.3) is 17.5 Å². The van der Waals surface area contributed by atoms with Crippen molar-refractivity contribution in [3.8, 4) is 0 Å². The van der Waals surface area contributed by atoms with Gasteiger partial charge >= 0.3 is 0 Å². The number of para-hydroxylation sites is 3. The van der Waals surface area contributed by atoms with Crippen LogP contribution in [0.3, 0.4) is 0 Å². The molecule has 142 valence electrons. The number of anilines is 2. The van der Waals surface area contributed by atoms with E-state index in [0.29, 0.717) is 4.90 Å². The zero-order chi connectivity index (χ0) is 19.8. The Morgan fingerprint density at radius 3 is 2.11 bits per heavy atom. The molecule has 0 saturated carbocycles. The van der Waals surface area contributed by atoms with E-state index in [1.165, 1.54) is 30.0 Å². The molecule has 0 bridgehead atoms. The number of hydrogen-bond donors (Lipinski definition) is 3. The van der Waals surface area contributed by atoms with Gasteiger partial charge < -0.3 is 15.5 Å². The molecule has 0 saturated heterocycles. The number of nitro benzene ring substituents is 1. The molecule has 0 aliphatic carbocycles. The Balaban J connectivity index is 1.89. The first-order valence-electron chi connectivity index (χ1n) is 8.18. The molecule has 1 unspecified atom stereocenters. The maximum absolute atomic E-state index is 12.2. The van der Waals surface area contributed by atoms with Gasteiger partial charge in [0.2, 0.25) is 0 Å². The van der Waals surface area contributed by atoms with E-state index >= 15 is 0 Å². The van der Waals surface area contributed by atoms with E-state index in [-0.39, 0.29) is 30.4 Å². The number of hydrogen-bond acceptors (Lipinski definition) is 5. The van der Waals surface area contributed by atoms with Gasteiger partial charge in [-0.05, 0) is 24.5 Å². The summed E-state index contributed by atoms with van der Waals surface area (Å²) in [6.07, 6.45) is 1.93. The van der Waals surface area contributed by atoms with Crippen molar-refractivity contribution in [2.24, 2.45) is 0 Å². The Bertz CT molecular complexity index is 844. The molecular weight excluding hydrogens is 368 g/mol. The van der Waals surface area contributed by atoms with Gasteiger partial charge in [0.1, 0.15) is 5.69 Å². The van der Waals surface area contributed by atoms with Crippen molar-refractivity contribution in [1.82, 2.24) is 0 Å². The highest BCUT2D eigenvalue weighted by atomic mass is 32.2. The summed E-state index contributed by atoms with van der Waals surface area (Å²) < 4.78 is 0. The fourth-order valence-corrected chi connectivity index (χ4v) is 3.04. The number of quaternary nitrogens is 1.